The van der Waals surface area contributed by atoms with Crippen LogP contribution in [0.15, 0.2) is 12.4 Å². The van der Waals surface area contributed by atoms with E-state index < -0.39 is 0 Å². The van der Waals surface area contributed by atoms with Crippen molar-refractivity contribution >= 4 is 0 Å². The van der Waals surface area contributed by atoms with Crippen LogP contribution < -0.4 is 5.73 Å². The lowest BCUT2D eigenvalue weighted by molar-refractivity contribution is 0.395. The van der Waals surface area contributed by atoms with E-state index in [1.54, 1.807) is 0 Å². The molecule has 3 nitrogen and oxygen atoms in total. The van der Waals surface area contributed by atoms with Crippen molar-refractivity contribution in [2.45, 2.75) is 44.6 Å². The fraction of sp³-hybridized carbons (Fsp3) is 0.750. The molecule has 3 heteroatoms. The quantitative estimate of drug-likeness (QED) is 0.752. The first kappa shape index (κ1) is 10.7. The van der Waals surface area contributed by atoms with Gasteiger partial charge in [0.15, 0.2) is 0 Å². The Hall–Kier alpha value is -0.830. The summed E-state index contributed by atoms with van der Waals surface area (Å²) in [5.74, 6) is 0.664. The van der Waals surface area contributed by atoms with Crippen LogP contribution in [0.25, 0.3) is 0 Å². The zero-order chi connectivity index (χ0) is 10.7. The Balaban J connectivity index is 1.97. The van der Waals surface area contributed by atoms with Gasteiger partial charge in [-0.1, -0.05) is 19.3 Å². The van der Waals surface area contributed by atoms with E-state index >= 15 is 0 Å². The van der Waals surface area contributed by atoms with Crippen molar-refractivity contribution in [1.82, 2.24) is 9.78 Å². The molecule has 0 aliphatic heterocycles. The normalized spacial score (nSPS) is 27.6. The molecule has 0 radical (unpaired) electrons. The highest BCUT2D eigenvalue weighted by atomic mass is 15.2. The van der Waals surface area contributed by atoms with Crippen molar-refractivity contribution in [2.75, 3.05) is 0 Å². The van der Waals surface area contributed by atoms with E-state index in [1.165, 1.54) is 37.7 Å². The van der Waals surface area contributed by atoms with Crippen LogP contribution in [-0.2, 0) is 13.5 Å². The minimum atomic E-state index is 0.396. The third-order valence-corrected chi connectivity index (χ3v) is 3.47. The molecular weight excluding hydrogens is 186 g/mol. The minimum Gasteiger partial charge on any atom is -0.327 e. The Morgan fingerprint density at radius 1 is 1.40 bits per heavy atom. The Bertz CT molecular complexity index is 306. The molecule has 1 saturated carbocycles. The SMILES string of the molecule is Cn1cc(CC2CCCCCC2N)cn1. The molecule has 0 spiro atoms. The van der Waals surface area contributed by atoms with Gasteiger partial charge in [-0.05, 0) is 30.7 Å². The van der Waals surface area contributed by atoms with Gasteiger partial charge in [0.05, 0.1) is 6.20 Å². The lowest BCUT2D eigenvalue weighted by Crippen LogP contribution is -2.30. The average Bonchev–Trinajstić information content (AvgIpc) is 2.50. The van der Waals surface area contributed by atoms with Gasteiger partial charge >= 0.3 is 0 Å². The van der Waals surface area contributed by atoms with Crippen LogP contribution in [0.4, 0.5) is 0 Å². The van der Waals surface area contributed by atoms with Gasteiger partial charge in [-0.2, -0.15) is 5.10 Å². The summed E-state index contributed by atoms with van der Waals surface area (Å²) in [6, 6.07) is 0.396. The molecule has 2 unspecified atom stereocenters. The second-order valence-corrected chi connectivity index (χ2v) is 4.79. The van der Waals surface area contributed by atoms with Crippen LogP contribution in [0.1, 0.15) is 37.7 Å². The van der Waals surface area contributed by atoms with Crippen molar-refractivity contribution in [1.29, 1.82) is 0 Å². The minimum absolute atomic E-state index is 0.396. The van der Waals surface area contributed by atoms with Crippen molar-refractivity contribution < 1.29 is 0 Å². The van der Waals surface area contributed by atoms with Crippen molar-refractivity contribution in [2.24, 2.45) is 18.7 Å². The summed E-state index contributed by atoms with van der Waals surface area (Å²) in [5, 5.41) is 4.21. The number of aromatic nitrogens is 2. The summed E-state index contributed by atoms with van der Waals surface area (Å²) in [6.45, 7) is 0. The molecule has 84 valence electrons. The molecule has 0 amide bonds. The largest absolute Gasteiger partial charge is 0.327 e. The maximum Gasteiger partial charge on any atom is 0.0521 e. The van der Waals surface area contributed by atoms with Crippen molar-refractivity contribution in [3.05, 3.63) is 18.0 Å². The van der Waals surface area contributed by atoms with Crippen LogP contribution in [0.3, 0.4) is 0 Å². The molecule has 2 atom stereocenters. The van der Waals surface area contributed by atoms with E-state index in [1.807, 2.05) is 17.9 Å². The Morgan fingerprint density at radius 3 is 2.93 bits per heavy atom. The summed E-state index contributed by atoms with van der Waals surface area (Å²) in [7, 11) is 1.97. The molecule has 1 heterocycles. The van der Waals surface area contributed by atoms with E-state index in [0.29, 0.717) is 12.0 Å². The summed E-state index contributed by atoms with van der Waals surface area (Å²) in [4.78, 5) is 0. The highest BCUT2D eigenvalue weighted by molar-refractivity contribution is 5.05. The first-order valence-electron chi connectivity index (χ1n) is 5.99. The van der Waals surface area contributed by atoms with E-state index in [0.717, 1.165) is 6.42 Å². The second-order valence-electron chi connectivity index (χ2n) is 4.79. The van der Waals surface area contributed by atoms with E-state index in [-0.39, 0.29) is 0 Å². The molecule has 2 rings (SSSR count). The highest BCUT2D eigenvalue weighted by Crippen LogP contribution is 2.25. The molecule has 15 heavy (non-hydrogen) atoms. The topological polar surface area (TPSA) is 43.8 Å². The van der Waals surface area contributed by atoms with Gasteiger partial charge in [-0.25, -0.2) is 0 Å². The molecule has 2 N–H and O–H groups in total. The lowest BCUT2D eigenvalue weighted by Gasteiger charge is -2.20. The zero-order valence-electron chi connectivity index (χ0n) is 9.52. The van der Waals surface area contributed by atoms with Gasteiger partial charge in [0.1, 0.15) is 0 Å². The van der Waals surface area contributed by atoms with Gasteiger partial charge in [0, 0.05) is 19.3 Å². The van der Waals surface area contributed by atoms with Gasteiger partial charge in [-0.3, -0.25) is 4.68 Å². The number of hydrogen-bond acceptors (Lipinski definition) is 2. The Labute approximate surface area is 91.7 Å². The second kappa shape index (κ2) is 4.79. The zero-order valence-corrected chi connectivity index (χ0v) is 9.52. The predicted octanol–water partition coefficient (Wildman–Crippen LogP) is 1.87. The highest BCUT2D eigenvalue weighted by Gasteiger charge is 2.20. The Morgan fingerprint density at radius 2 is 2.20 bits per heavy atom. The molecular formula is C12H21N3. The van der Waals surface area contributed by atoms with Crippen LogP contribution >= 0.6 is 0 Å². The summed E-state index contributed by atoms with van der Waals surface area (Å²) < 4.78 is 1.87. The van der Waals surface area contributed by atoms with E-state index in [9.17, 15) is 0 Å². The lowest BCUT2D eigenvalue weighted by atomic mass is 9.90. The smallest absolute Gasteiger partial charge is 0.0521 e. The standard InChI is InChI=1S/C12H21N3/c1-15-9-10(8-14-15)7-11-5-3-2-4-6-12(11)13/h8-9,11-12H,2-7,13H2,1H3. The van der Waals surface area contributed by atoms with Crippen LogP contribution in [-0.4, -0.2) is 15.8 Å². The van der Waals surface area contributed by atoms with Crippen LogP contribution in [0.2, 0.25) is 0 Å². The van der Waals surface area contributed by atoms with Gasteiger partial charge in [0.25, 0.3) is 0 Å². The summed E-state index contributed by atoms with van der Waals surface area (Å²) in [6.07, 6.45) is 11.7. The average molecular weight is 207 g/mol. The Kier molecular flexibility index (Phi) is 3.41. The first-order chi connectivity index (χ1) is 7.25. The molecule has 0 bridgehead atoms. The predicted molar refractivity (Wildman–Crippen MR) is 61.5 cm³/mol. The molecule has 0 aromatic carbocycles. The van der Waals surface area contributed by atoms with Crippen molar-refractivity contribution in [3.8, 4) is 0 Å². The molecule has 1 aliphatic carbocycles. The monoisotopic (exact) mass is 207 g/mol. The fourth-order valence-electron chi connectivity index (χ4n) is 2.55. The van der Waals surface area contributed by atoms with E-state index in [4.69, 9.17) is 5.73 Å². The number of rotatable bonds is 2. The number of nitrogens with zero attached hydrogens (tertiary/aromatic N) is 2. The van der Waals surface area contributed by atoms with Gasteiger partial charge in [-0.15, -0.1) is 0 Å². The third-order valence-electron chi connectivity index (χ3n) is 3.47. The molecule has 0 saturated heterocycles. The summed E-state index contributed by atoms with van der Waals surface area (Å²) in [5.41, 5.74) is 7.54. The molecule has 1 aliphatic rings. The molecule has 1 fully saturated rings. The number of nitrogens with two attached hydrogens (primary N) is 1. The van der Waals surface area contributed by atoms with Crippen LogP contribution in [0, 0.1) is 5.92 Å². The van der Waals surface area contributed by atoms with Crippen molar-refractivity contribution in [3.63, 3.8) is 0 Å². The molecule has 1 aromatic rings. The number of aryl methyl sites for hydroxylation is 1. The van der Waals surface area contributed by atoms with E-state index in [2.05, 4.69) is 11.3 Å². The maximum absolute atomic E-state index is 6.21. The maximum atomic E-state index is 6.21. The number of hydrogen-bond donors (Lipinski definition) is 1. The van der Waals surface area contributed by atoms with Gasteiger partial charge in [0.2, 0.25) is 0 Å². The fourth-order valence-corrected chi connectivity index (χ4v) is 2.55. The first-order valence-corrected chi connectivity index (χ1v) is 5.99. The molecule has 1 aromatic heterocycles. The summed E-state index contributed by atoms with van der Waals surface area (Å²) >= 11 is 0. The van der Waals surface area contributed by atoms with Crippen LogP contribution in [0.5, 0.6) is 0 Å². The van der Waals surface area contributed by atoms with Gasteiger partial charge < -0.3 is 5.73 Å². The third kappa shape index (κ3) is 2.81.